The molecule has 0 saturated carbocycles. The predicted molar refractivity (Wildman–Crippen MR) is 103 cm³/mol. The van der Waals surface area contributed by atoms with Gasteiger partial charge in [0.2, 0.25) is 5.88 Å². The summed E-state index contributed by atoms with van der Waals surface area (Å²) in [5, 5.41) is 10.8. The van der Waals surface area contributed by atoms with Crippen LogP contribution < -0.4 is 10.1 Å². The molecule has 2 amide bonds. The van der Waals surface area contributed by atoms with Gasteiger partial charge >= 0.3 is 0 Å². The summed E-state index contributed by atoms with van der Waals surface area (Å²) in [7, 11) is 1.53. The normalized spacial score (nSPS) is 13.6. The van der Waals surface area contributed by atoms with E-state index in [0.717, 1.165) is 5.56 Å². The van der Waals surface area contributed by atoms with E-state index in [0.29, 0.717) is 31.1 Å². The highest BCUT2D eigenvalue weighted by atomic mass is 16.5. The second-order valence-corrected chi connectivity index (χ2v) is 6.71. The molecule has 148 valence electrons. The van der Waals surface area contributed by atoms with E-state index in [1.54, 1.807) is 27.9 Å². The number of likely N-dealkylation sites (tertiary alicyclic amines) is 1. The molecule has 3 heterocycles. The SMILES string of the molecule is COc1ccc(C(=O)N2CC(n3cc(C(=O)NCc4ccccc4)nn3)C2)cn1. The number of carbonyl (C=O) groups is 2. The summed E-state index contributed by atoms with van der Waals surface area (Å²) < 4.78 is 6.63. The van der Waals surface area contributed by atoms with Crippen LogP contribution >= 0.6 is 0 Å². The lowest BCUT2D eigenvalue weighted by molar-refractivity contribution is 0.0497. The van der Waals surface area contributed by atoms with E-state index < -0.39 is 0 Å². The van der Waals surface area contributed by atoms with Gasteiger partial charge < -0.3 is 15.0 Å². The molecule has 0 bridgehead atoms. The van der Waals surface area contributed by atoms with Gasteiger partial charge in [0.15, 0.2) is 5.69 Å². The van der Waals surface area contributed by atoms with Gasteiger partial charge in [-0.2, -0.15) is 0 Å². The molecule has 29 heavy (non-hydrogen) atoms. The number of nitrogens with one attached hydrogen (secondary N) is 1. The van der Waals surface area contributed by atoms with E-state index in [2.05, 4.69) is 20.6 Å². The standard InChI is InChI=1S/C20H20N6O3/c1-29-18-8-7-15(10-21-18)20(28)25-11-16(12-25)26-13-17(23-24-26)19(27)22-9-14-5-3-2-4-6-14/h2-8,10,13,16H,9,11-12H2,1H3,(H,22,27). The second-order valence-electron chi connectivity index (χ2n) is 6.71. The van der Waals surface area contributed by atoms with Crippen molar-refractivity contribution < 1.29 is 14.3 Å². The number of amides is 2. The van der Waals surface area contributed by atoms with E-state index >= 15 is 0 Å². The van der Waals surface area contributed by atoms with Gasteiger partial charge in [0, 0.05) is 31.9 Å². The van der Waals surface area contributed by atoms with Gasteiger partial charge in [-0.05, 0) is 11.6 Å². The van der Waals surface area contributed by atoms with Gasteiger partial charge in [-0.25, -0.2) is 9.67 Å². The van der Waals surface area contributed by atoms with Crippen molar-refractivity contribution in [1.29, 1.82) is 0 Å². The molecular formula is C20H20N6O3. The van der Waals surface area contributed by atoms with Crippen molar-refractivity contribution in [2.24, 2.45) is 0 Å². The topological polar surface area (TPSA) is 102 Å². The Balaban J connectivity index is 1.30. The Morgan fingerprint density at radius 1 is 1.17 bits per heavy atom. The molecule has 0 atom stereocenters. The molecule has 1 aromatic carbocycles. The molecule has 9 nitrogen and oxygen atoms in total. The lowest BCUT2D eigenvalue weighted by atomic mass is 10.1. The van der Waals surface area contributed by atoms with Crippen LogP contribution in [0.3, 0.4) is 0 Å². The van der Waals surface area contributed by atoms with Crippen molar-refractivity contribution in [3.63, 3.8) is 0 Å². The number of benzene rings is 1. The molecule has 1 N–H and O–H groups in total. The van der Waals surface area contributed by atoms with Crippen molar-refractivity contribution in [1.82, 2.24) is 30.2 Å². The van der Waals surface area contributed by atoms with Crippen molar-refractivity contribution in [3.05, 3.63) is 71.7 Å². The maximum atomic E-state index is 12.5. The maximum absolute atomic E-state index is 12.5. The molecule has 0 unspecified atom stereocenters. The number of aromatic nitrogens is 4. The lowest BCUT2D eigenvalue weighted by Crippen LogP contribution is -2.50. The number of ether oxygens (including phenoxy) is 1. The number of hydrogen-bond acceptors (Lipinski definition) is 6. The molecule has 9 heteroatoms. The van der Waals surface area contributed by atoms with Crippen LogP contribution in [-0.2, 0) is 6.54 Å². The molecule has 0 radical (unpaired) electrons. The largest absolute Gasteiger partial charge is 0.481 e. The van der Waals surface area contributed by atoms with Crippen LogP contribution in [0.5, 0.6) is 5.88 Å². The average molecular weight is 392 g/mol. The van der Waals surface area contributed by atoms with Crippen LogP contribution in [-0.4, -0.2) is 56.9 Å². The fourth-order valence-corrected chi connectivity index (χ4v) is 3.03. The molecular weight excluding hydrogens is 372 g/mol. The van der Waals surface area contributed by atoms with E-state index in [4.69, 9.17) is 4.74 Å². The number of nitrogens with zero attached hydrogens (tertiary/aromatic N) is 5. The zero-order valence-electron chi connectivity index (χ0n) is 15.9. The van der Waals surface area contributed by atoms with Gasteiger partial charge in [-0.3, -0.25) is 9.59 Å². The molecule has 1 saturated heterocycles. The number of methoxy groups -OCH3 is 1. The van der Waals surface area contributed by atoms with Crippen LogP contribution in [0.1, 0.15) is 32.5 Å². The Labute approximate surface area is 167 Å². The first kappa shape index (κ1) is 18.6. The average Bonchev–Trinajstić information content (AvgIpc) is 3.21. The highest BCUT2D eigenvalue weighted by Crippen LogP contribution is 2.23. The predicted octanol–water partition coefficient (Wildman–Crippen LogP) is 1.31. The van der Waals surface area contributed by atoms with Crippen LogP contribution in [0.25, 0.3) is 0 Å². The second kappa shape index (κ2) is 8.09. The minimum absolute atomic E-state index is 0.00618. The Bertz CT molecular complexity index is 997. The minimum atomic E-state index is -0.281. The third kappa shape index (κ3) is 4.08. The van der Waals surface area contributed by atoms with Gasteiger partial charge in [0.25, 0.3) is 11.8 Å². The Kier molecular flexibility index (Phi) is 5.19. The highest BCUT2D eigenvalue weighted by molar-refractivity contribution is 5.94. The van der Waals surface area contributed by atoms with Gasteiger partial charge in [0.1, 0.15) is 0 Å². The fourth-order valence-electron chi connectivity index (χ4n) is 3.03. The van der Waals surface area contributed by atoms with E-state index in [9.17, 15) is 9.59 Å². The number of hydrogen-bond donors (Lipinski definition) is 1. The first-order valence-electron chi connectivity index (χ1n) is 9.17. The molecule has 4 rings (SSSR count). The number of pyridine rings is 1. The summed E-state index contributed by atoms with van der Waals surface area (Å²) in [6, 6.07) is 13.0. The van der Waals surface area contributed by atoms with Crippen molar-refractivity contribution in [2.45, 2.75) is 12.6 Å². The van der Waals surface area contributed by atoms with Crippen LogP contribution in [0, 0.1) is 0 Å². The molecule has 1 fully saturated rings. The third-order valence-electron chi connectivity index (χ3n) is 4.75. The zero-order valence-corrected chi connectivity index (χ0v) is 15.9. The summed E-state index contributed by atoms with van der Waals surface area (Å²) in [4.78, 5) is 30.5. The summed E-state index contributed by atoms with van der Waals surface area (Å²) in [5.41, 5.74) is 1.77. The monoisotopic (exact) mass is 392 g/mol. The molecule has 1 aliphatic rings. The van der Waals surface area contributed by atoms with Crippen LogP contribution in [0.15, 0.2) is 54.9 Å². The lowest BCUT2D eigenvalue weighted by Gasteiger charge is -2.38. The van der Waals surface area contributed by atoms with Crippen molar-refractivity contribution in [2.75, 3.05) is 20.2 Å². The zero-order chi connectivity index (χ0) is 20.2. The molecule has 1 aliphatic heterocycles. The quantitative estimate of drug-likeness (QED) is 0.679. The maximum Gasteiger partial charge on any atom is 0.273 e. The molecule has 0 spiro atoms. The van der Waals surface area contributed by atoms with Gasteiger partial charge in [-0.15, -0.1) is 5.10 Å². The third-order valence-corrected chi connectivity index (χ3v) is 4.75. The molecule has 2 aromatic heterocycles. The summed E-state index contributed by atoms with van der Waals surface area (Å²) in [5.74, 6) is 0.0812. The van der Waals surface area contributed by atoms with Gasteiger partial charge in [0.05, 0.1) is 24.9 Å². The number of rotatable bonds is 6. The minimum Gasteiger partial charge on any atom is -0.481 e. The van der Waals surface area contributed by atoms with Gasteiger partial charge in [-0.1, -0.05) is 35.5 Å². The number of carbonyl (C=O) groups excluding carboxylic acids is 2. The van der Waals surface area contributed by atoms with E-state index in [1.807, 2.05) is 30.3 Å². The van der Waals surface area contributed by atoms with E-state index in [-0.39, 0.29) is 23.6 Å². The highest BCUT2D eigenvalue weighted by Gasteiger charge is 2.33. The summed E-state index contributed by atoms with van der Waals surface area (Å²) in [6.07, 6.45) is 3.11. The Morgan fingerprint density at radius 2 is 1.97 bits per heavy atom. The Hall–Kier alpha value is -3.75. The summed E-state index contributed by atoms with van der Waals surface area (Å²) in [6.45, 7) is 1.42. The smallest absolute Gasteiger partial charge is 0.273 e. The van der Waals surface area contributed by atoms with E-state index in [1.165, 1.54) is 13.3 Å². The van der Waals surface area contributed by atoms with Crippen molar-refractivity contribution >= 4 is 11.8 Å². The molecule has 3 aromatic rings. The molecule has 0 aliphatic carbocycles. The Morgan fingerprint density at radius 3 is 2.66 bits per heavy atom. The van der Waals surface area contributed by atoms with Crippen LogP contribution in [0.4, 0.5) is 0 Å². The van der Waals surface area contributed by atoms with Crippen LogP contribution in [0.2, 0.25) is 0 Å². The fraction of sp³-hybridized carbons (Fsp3) is 0.250. The first-order chi connectivity index (χ1) is 14.1. The summed E-state index contributed by atoms with van der Waals surface area (Å²) >= 11 is 0. The van der Waals surface area contributed by atoms with Crippen molar-refractivity contribution in [3.8, 4) is 5.88 Å². The first-order valence-corrected chi connectivity index (χ1v) is 9.17.